The molecule has 3 heterocycles. The van der Waals surface area contributed by atoms with Crippen LogP contribution in [0, 0.1) is 19.1 Å². The van der Waals surface area contributed by atoms with Crippen LogP contribution in [-0.2, 0) is 39.3 Å². The maximum absolute atomic E-state index is 6.80. The molecule has 3 aromatic heterocycles. The number of nitrogens with zero attached hydrogens (tertiary/aromatic N) is 4. The van der Waals surface area contributed by atoms with Crippen molar-refractivity contribution in [3.63, 3.8) is 0 Å². The van der Waals surface area contributed by atoms with E-state index < -0.39 is 0 Å². The fourth-order valence-electron chi connectivity index (χ4n) is 9.01. The van der Waals surface area contributed by atoms with Gasteiger partial charge in [-0.05, 0) is 95.5 Å². The first kappa shape index (κ1) is 40.3. The van der Waals surface area contributed by atoms with Gasteiger partial charge in [0.15, 0.2) is 0 Å². The SMILES string of the molecule is CCc1nn(-c2[c-]c(Oc3[c-]c4c(cc3)c3ccccc3n4-c3cc(C)ccn3)cc(C(C)(C)C)c2)c(CC)c1C1C(c2ccccc2)=CCC[C@@H]1c1ccccc1.[Pt+2]. The van der Waals surface area contributed by atoms with Gasteiger partial charge in [-0.25, -0.2) is 4.98 Å². The Morgan fingerprint density at radius 1 is 0.780 bits per heavy atom. The molecule has 298 valence electrons. The first-order chi connectivity index (χ1) is 28.2. The van der Waals surface area contributed by atoms with E-state index in [1.165, 1.54) is 28.0 Å². The monoisotopic (exact) mass is 953 g/mol. The second kappa shape index (κ2) is 16.6. The largest absolute Gasteiger partial charge is 2.00 e. The van der Waals surface area contributed by atoms with E-state index in [1.807, 2.05) is 18.3 Å². The number of allylic oxidation sites excluding steroid dienone is 2. The van der Waals surface area contributed by atoms with E-state index in [0.29, 0.717) is 17.4 Å². The molecule has 0 fully saturated rings. The Morgan fingerprint density at radius 2 is 1.53 bits per heavy atom. The fraction of sp³-hybridized carbons (Fsp3) is 0.245. The molecule has 5 nitrogen and oxygen atoms in total. The van der Waals surface area contributed by atoms with Crippen LogP contribution >= 0.6 is 0 Å². The van der Waals surface area contributed by atoms with Crippen molar-refractivity contribution in [1.29, 1.82) is 0 Å². The maximum Gasteiger partial charge on any atom is 2.00 e. The van der Waals surface area contributed by atoms with Crippen LogP contribution in [0.25, 0.3) is 38.9 Å². The van der Waals surface area contributed by atoms with E-state index in [4.69, 9.17) is 14.8 Å². The van der Waals surface area contributed by atoms with Gasteiger partial charge in [-0.2, -0.15) is 11.2 Å². The van der Waals surface area contributed by atoms with Gasteiger partial charge in [-0.15, -0.1) is 41.3 Å². The Hall–Kier alpha value is -5.51. The van der Waals surface area contributed by atoms with Gasteiger partial charge in [0.2, 0.25) is 0 Å². The molecule has 59 heavy (non-hydrogen) atoms. The number of ether oxygens (including phenoxy) is 1. The summed E-state index contributed by atoms with van der Waals surface area (Å²) in [5.41, 5.74) is 12.8. The minimum Gasteiger partial charge on any atom is -0.509 e. The summed E-state index contributed by atoms with van der Waals surface area (Å²) in [6.07, 6.45) is 8.14. The molecule has 8 aromatic rings. The van der Waals surface area contributed by atoms with E-state index >= 15 is 0 Å². The molecule has 5 aromatic carbocycles. The molecule has 2 atom stereocenters. The molecule has 1 aliphatic carbocycles. The predicted molar refractivity (Wildman–Crippen MR) is 238 cm³/mol. The molecule has 1 unspecified atom stereocenters. The maximum atomic E-state index is 6.80. The summed E-state index contributed by atoms with van der Waals surface area (Å²) >= 11 is 0. The van der Waals surface area contributed by atoms with E-state index in [1.54, 1.807) is 0 Å². The number of hydrogen-bond donors (Lipinski definition) is 0. The first-order valence-corrected chi connectivity index (χ1v) is 20.8. The third-order valence-corrected chi connectivity index (χ3v) is 11.8. The van der Waals surface area contributed by atoms with E-state index in [9.17, 15) is 0 Å². The van der Waals surface area contributed by atoms with E-state index in [2.05, 4.69) is 178 Å². The number of aryl methyl sites for hydroxylation is 2. The molecule has 6 heteroatoms. The molecule has 0 bridgehead atoms. The van der Waals surface area contributed by atoms with Crippen LogP contribution in [0.4, 0.5) is 0 Å². The molecular formula is C53H50N4OPt. The van der Waals surface area contributed by atoms with Crippen molar-refractivity contribution in [2.24, 2.45) is 0 Å². The van der Waals surface area contributed by atoms with E-state index in [0.717, 1.165) is 75.8 Å². The summed E-state index contributed by atoms with van der Waals surface area (Å²) in [7, 11) is 0. The van der Waals surface area contributed by atoms with Crippen LogP contribution in [0.1, 0.15) is 98.5 Å². The van der Waals surface area contributed by atoms with Crippen LogP contribution in [0.15, 0.2) is 134 Å². The van der Waals surface area contributed by atoms with Gasteiger partial charge >= 0.3 is 21.1 Å². The van der Waals surface area contributed by atoms with Crippen molar-refractivity contribution in [2.45, 2.75) is 84.5 Å². The summed E-state index contributed by atoms with van der Waals surface area (Å²) in [5, 5.41) is 7.73. The Balaban J connectivity index is 0.00000484. The summed E-state index contributed by atoms with van der Waals surface area (Å²) in [5.74, 6) is 2.60. The average Bonchev–Trinajstić information content (AvgIpc) is 3.79. The molecule has 0 amide bonds. The van der Waals surface area contributed by atoms with Crippen molar-refractivity contribution in [3.8, 4) is 23.0 Å². The summed E-state index contributed by atoms with van der Waals surface area (Å²) < 4.78 is 11.2. The Kier molecular flexibility index (Phi) is 11.3. The Morgan fingerprint density at radius 3 is 2.25 bits per heavy atom. The van der Waals surface area contributed by atoms with Crippen molar-refractivity contribution in [1.82, 2.24) is 19.3 Å². The molecule has 0 aliphatic heterocycles. The topological polar surface area (TPSA) is 44.9 Å². The van der Waals surface area contributed by atoms with Crippen LogP contribution in [0.3, 0.4) is 0 Å². The van der Waals surface area contributed by atoms with Crippen LogP contribution in [-0.4, -0.2) is 19.3 Å². The van der Waals surface area contributed by atoms with Crippen molar-refractivity contribution < 1.29 is 25.8 Å². The molecule has 0 N–H and O–H groups in total. The zero-order chi connectivity index (χ0) is 40.0. The quantitative estimate of drug-likeness (QED) is 0.135. The molecule has 0 saturated carbocycles. The van der Waals surface area contributed by atoms with Gasteiger partial charge in [0.25, 0.3) is 0 Å². The Labute approximate surface area is 363 Å². The average molecular weight is 954 g/mol. The van der Waals surface area contributed by atoms with Crippen molar-refractivity contribution in [3.05, 3.63) is 185 Å². The number of benzene rings is 5. The summed E-state index contributed by atoms with van der Waals surface area (Å²) in [6, 6.07) is 50.5. The number of fused-ring (bicyclic) bond motifs is 3. The third kappa shape index (κ3) is 7.62. The first-order valence-electron chi connectivity index (χ1n) is 20.8. The third-order valence-electron chi connectivity index (χ3n) is 11.8. The number of hydrogen-bond acceptors (Lipinski definition) is 3. The summed E-state index contributed by atoms with van der Waals surface area (Å²) in [4.78, 5) is 4.77. The minimum absolute atomic E-state index is 0. The zero-order valence-electron chi connectivity index (χ0n) is 34.7. The standard InChI is InChI=1S/C53H50N4O.Pt/c1-7-46-52(51-42(36-18-11-9-12-19-36)23-17-24-43(51)37-20-13-10-14-21-37)47(8-2)57(55-46)39-31-38(53(4,5)6)32-41(33-39)58-40-26-27-45-44-22-15-16-25-48(44)56(49(45)34-40)50-30-35(3)28-29-54-50;/h9-16,18-23,25-32,43,51H,7-8,17,24H2,1-6H3;/q-2;+2/t43-,51?;/m1./s1. The molecular weight excluding hydrogens is 904 g/mol. The second-order valence-corrected chi connectivity index (χ2v) is 16.6. The van der Waals surface area contributed by atoms with Gasteiger partial charge in [0.05, 0.1) is 5.69 Å². The predicted octanol–water partition coefficient (Wildman–Crippen LogP) is 13.2. The summed E-state index contributed by atoms with van der Waals surface area (Å²) in [6.45, 7) is 13.3. The molecule has 0 saturated heterocycles. The van der Waals surface area contributed by atoms with E-state index in [-0.39, 0.29) is 32.4 Å². The van der Waals surface area contributed by atoms with Gasteiger partial charge in [-0.1, -0.05) is 125 Å². The minimum atomic E-state index is -0.153. The zero-order valence-corrected chi connectivity index (χ0v) is 37.0. The second-order valence-electron chi connectivity index (χ2n) is 16.6. The molecule has 0 radical (unpaired) electrons. The van der Waals surface area contributed by atoms with Crippen LogP contribution in [0.2, 0.25) is 0 Å². The smallest absolute Gasteiger partial charge is 0.509 e. The van der Waals surface area contributed by atoms with Gasteiger partial charge in [-0.3, -0.25) is 4.68 Å². The van der Waals surface area contributed by atoms with Crippen LogP contribution < -0.4 is 4.74 Å². The number of aromatic nitrogens is 4. The van der Waals surface area contributed by atoms with Crippen molar-refractivity contribution in [2.75, 3.05) is 0 Å². The van der Waals surface area contributed by atoms with Gasteiger partial charge < -0.3 is 9.30 Å². The van der Waals surface area contributed by atoms with Gasteiger partial charge in [0.1, 0.15) is 5.82 Å². The number of pyridine rings is 1. The Bertz CT molecular complexity index is 2790. The number of rotatable bonds is 9. The molecule has 0 spiro atoms. The van der Waals surface area contributed by atoms with Crippen LogP contribution in [0.5, 0.6) is 11.5 Å². The fourth-order valence-corrected chi connectivity index (χ4v) is 9.01. The number of para-hydroxylation sites is 1. The normalized spacial score (nSPS) is 15.6. The molecule has 9 rings (SSSR count). The van der Waals surface area contributed by atoms with Crippen molar-refractivity contribution >= 4 is 27.4 Å². The van der Waals surface area contributed by atoms with Gasteiger partial charge in [0, 0.05) is 40.4 Å². The molecule has 1 aliphatic rings.